The van der Waals surface area contributed by atoms with Crippen molar-refractivity contribution in [2.75, 3.05) is 13.1 Å². The van der Waals surface area contributed by atoms with Gasteiger partial charge in [0.1, 0.15) is 4.88 Å². The topological polar surface area (TPSA) is 67.9 Å². The Morgan fingerprint density at radius 2 is 1.74 bits per heavy atom. The number of thiophene rings is 1. The monoisotopic (exact) mass is 385 g/mol. The first-order valence-electron chi connectivity index (χ1n) is 6.59. The Morgan fingerprint density at radius 3 is 2.30 bits per heavy atom. The molecule has 0 N–H and O–H groups in total. The van der Waals surface area contributed by atoms with Crippen molar-refractivity contribution >= 4 is 62.1 Å². The number of nitriles is 2. The molecule has 1 amide bonds. The Labute approximate surface area is 152 Å². The summed E-state index contributed by atoms with van der Waals surface area (Å²) >= 11 is 19.7. The number of rotatable bonds is 5. The van der Waals surface area contributed by atoms with Crippen LogP contribution in [0.3, 0.4) is 0 Å². The maximum atomic E-state index is 12.7. The quantitative estimate of drug-likeness (QED) is 0.715. The smallest absolute Gasteiger partial charge is 0.265 e. The Morgan fingerprint density at radius 1 is 1.13 bits per heavy atom. The van der Waals surface area contributed by atoms with E-state index in [1.54, 1.807) is 12.1 Å². The third-order valence-electron chi connectivity index (χ3n) is 3.12. The summed E-state index contributed by atoms with van der Waals surface area (Å²) in [6.45, 7) is 0.492. The molecule has 0 atom stereocenters. The van der Waals surface area contributed by atoms with Gasteiger partial charge < -0.3 is 4.90 Å². The first-order chi connectivity index (χ1) is 11.0. The zero-order chi connectivity index (χ0) is 17.0. The summed E-state index contributed by atoms with van der Waals surface area (Å²) in [7, 11) is 0. The number of benzene rings is 1. The molecule has 1 aromatic heterocycles. The lowest BCUT2D eigenvalue weighted by Gasteiger charge is -2.19. The van der Waals surface area contributed by atoms with Crippen LogP contribution < -0.4 is 0 Å². The van der Waals surface area contributed by atoms with Gasteiger partial charge in [0, 0.05) is 28.2 Å². The molecule has 0 saturated carbocycles. The van der Waals surface area contributed by atoms with Crippen LogP contribution in [0.5, 0.6) is 0 Å². The van der Waals surface area contributed by atoms with Crippen molar-refractivity contribution in [2.45, 2.75) is 12.8 Å². The molecule has 1 heterocycles. The van der Waals surface area contributed by atoms with Crippen LogP contribution in [-0.4, -0.2) is 23.9 Å². The molecule has 2 aromatic rings. The summed E-state index contributed by atoms with van der Waals surface area (Å²) in [5, 5.41) is 19.1. The van der Waals surface area contributed by atoms with Gasteiger partial charge in [0.15, 0.2) is 0 Å². The maximum Gasteiger partial charge on any atom is 0.265 e. The van der Waals surface area contributed by atoms with E-state index in [9.17, 15) is 4.79 Å². The molecule has 0 aliphatic carbocycles. The van der Waals surface area contributed by atoms with Gasteiger partial charge >= 0.3 is 0 Å². The number of nitrogens with zero attached hydrogens (tertiary/aromatic N) is 3. The lowest BCUT2D eigenvalue weighted by Crippen LogP contribution is -2.32. The summed E-state index contributed by atoms with van der Waals surface area (Å²) in [6, 6.07) is 7.26. The van der Waals surface area contributed by atoms with Gasteiger partial charge in [0.05, 0.1) is 35.0 Å². The number of carbonyl (C=O) groups excluding carboxylic acids is 1. The summed E-state index contributed by atoms with van der Waals surface area (Å²) in [5.74, 6) is -0.311. The standard InChI is InChI=1S/C15H10Cl3N3OS/c16-9-7-10(17)12-11(8-9)23-14(13(12)18)15(22)21(5-1-3-19)6-2-4-20/h7-8H,1-2,5-6H2. The summed E-state index contributed by atoms with van der Waals surface area (Å²) < 4.78 is 0.719. The second kappa shape index (κ2) is 7.86. The molecule has 0 bridgehead atoms. The predicted molar refractivity (Wildman–Crippen MR) is 93.2 cm³/mol. The van der Waals surface area contributed by atoms with Gasteiger partial charge in [-0.3, -0.25) is 4.79 Å². The fourth-order valence-electron chi connectivity index (χ4n) is 2.08. The number of fused-ring (bicyclic) bond motifs is 1. The molecule has 0 saturated heterocycles. The molecule has 1 aromatic carbocycles. The highest BCUT2D eigenvalue weighted by atomic mass is 35.5. The minimum atomic E-state index is -0.311. The molecule has 0 aliphatic heterocycles. The van der Waals surface area contributed by atoms with E-state index in [2.05, 4.69) is 0 Å². The van der Waals surface area contributed by atoms with Crippen LogP contribution in [0.15, 0.2) is 12.1 Å². The molecule has 118 valence electrons. The Kier molecular flexibility index (Phi) is 6.10. The maximum absolute atomic E-state index is 12.7. The Hall–Kier alpha value is -1.50. The van der Waals surface area contributed by atoms with Gasteiger partial charge in [-0.25, -0.2) is 0 Å². The van der Waals surface area contributed by atoms with E-state index >= 15 is 0 Å². The van der Waals surface area contributed by atoms with Crippen LogP contribution in [0.4, 0.5) is 0 Å². The molecule has 0 radical (unpaired) electrons. The fourth-order valence-corrected chi connectivity index (χ4v) is 4.42. The van der Waals surface area contributed by atoms with Crippen LogP contribution in [-0.2, 0) is 0 Å². The van der Waals surface area contributed by atoms with E-state index in [0.717, 1.165) is 4.70 Å². The number of hydrogen-bond donors (Lipinski definition) is 0. The van der Waals surface area contributed by atoms with Gasteiger partial charge in [-0.1, -0.05) is 34.8 Å². The highest BCUT2D eigenvalue weighted by Crippen LogP contribution is 2.41. The van der Waals surface area contributed by atoms with Crippen molar-refractivity contribution in [1.29, 1.82) is 10.5 Å². The van der Waals surface area contributed by atoms with E-state index in [4.69, 9.17) is 45.3 Å². The zero-order valence-electron chi connectivity index (χ0n) is 11.8. The molecular weight excluding hydrogens is 377 g/mol. The number of hydrogen-bond acceptors (Lipinski definition) is 4. The molecule has 0 spiro atoms. The largest absolute Gasteiger partial charge is 0.336 e. The number of amides is 1. The highest BCUT2D eigenvalue weighted by Gasteiger charge is 2.23. The molecule has 23 heavy (non-hydrogen) atoms. The second-order valence-corrected chi connectivity index (χ2v) is 6.89. The second-order valence-electron chi connectivity index (χ2n) is 4.61. The minimum Gasteiger partial charge on any atom is -0.336 e. The minimum absolute atomic E-state index is 0.187. The Balaban J connectivity index is 2.43. The molecule has 0 unspecified atom stereocenters. The fraction of sp³-hybridized carbons (Fsp3) is 0.267. The van der Waals surface area contributed by atoms with E-state index in [0.29, 0.717) is 20.3 Å². The lowest BCUT2D eigenvalue weighted by molar-refractivity contribution is 0.0767. The number of carbonyl (C=O) groups is 1. The number of halogens is 3. The molecule has 0 fully saturated rings. The summed E-state index contributed by atoms with van der Waals surface area (Å²) in [5.41, 5.74) is 0. The van der Waals surface area contributed by atoms with Crippen LogP contribution in [0.1, 0.15) is 22.5 Å². The van der Waals surface area contributed by atoms with Crippen LogP contribution in [0.25, 0.3) is 10.1 Å². The van der Waals surface area contributed by atoms with Crippen molar-refractivity contribution in [3.63, 3.8) is 0 Å². The average molecular weight is 387 g/mol. The van der Waals surface area contributed by atoms with Crippen molar-refractivity contribution in [2.24, 2.45) is 0 Å². The van der Waals surface area contributed by atoms with Crippen LogP contribution in [0.2, 0.25) is 15.1 Å². The highest BCUT2D eigenvalue weighted by molar-refractivity contribution is 7.21. The van der Waals surface area contributed by atoms with Gasteiger partial charge in [-0.2, -0.15) is 10.5 Å². The normalized spacial score (nSPS) is 10.3. The summed E-state index contributed by atoms with van der Waals surface area (Å²) in [4.78, 5) is 14.5. The first kappa shape index (κ1) is 17.8. The lowest BCUT2D eigenvalue weighted by atomic mass is 10.2. The van der Waals surface area contributed by atoms with Crippen molar-refractivity contribution in [1.82, 2.24) is 4.90 Å². The third kappa shape index (κ3) is 3.88. The van der Waals surface area contributed by atoms with E-state index in [1.165, 1.54) is 16.2 Å². The van der Waals surface area contributed by atoms with E-state index in [-0.39, 0.29) is 36.9 Å². The summed E-state index contributed by atoms with van der Waals surface area (Å²) in [6.07, 6.45) is 0.374. The van der Waals surface area contributed by atoms with Gasteiger partial charge in [-0.05, 0) is 12.1 Å². The molecule has 0 aliphatic rings. The van der Waals surface area contributed by atoms with Crippen molar-refractivity contribution in [3.8, 4) is 12.1 Å². The molecule has 4 nitrogen and oxygen atoms in total. The van der Waals surface area contributed by atoms with Gasteiger partial charge in [-0.15, -0.1) is 11.3 Å². The van der Waals surface area contributed by atoms with Gasteiger partial charge in [0.25, 0.3) is 5.91 Å². The van der Waals surface area contributed by atoms with Crippen molar-refractivity contribution in [3.05, 3.63) is 32.1 Å². The molecule has 2 rings (SSSR count). The zero-order valence-corrected chi connectivity index (χ0v) is 14.9. The van der Waals surface area contributed by atoms with Crippen LogP contribution in [0, 0.1) is 22.7 Å². The van der Waals surface area contributed by atoms with Crippen molar-refractivity contribution < 1.29 is 4.79 Å². The molecule has 8 heteroatoms. The van der Waals surface area contributed by atoms with E-state index in [1.807, 2.05) is 12.1 Å². The average Bonchev–Trinajstić information content (AvgIpc) is 2.83. The Bertz CT molecular complexity index is 817. The molecular formula is C15H10Cl3N3OS. The van der Waals surface area contributed by atoms with E-state index < -0.39 is 0 Å². The van der Waals surface area contributed by atoms with Gasteiger partial charge in [0.2, 0.25) is 0 Å². The predicted octanol–water partition coefficient (Wildman–Crippen LogP) is 5.13. The van der Waals surface area contributed by atoms with Crippen LogP contribution >= 0.6 is 46.1 Å². The third-order valence-corrected chi connectivity index (χ3v) is 5.25. The first-order valence-corrected chi connectivity index (χ1v) is 8.54. The SMILES string of the molecule is N#CCCN(CCC#N)C(=O)c1sc2cc(Cl)cc(Cl)c2c1Cl.